The molecule has 0 N–H and O–H groups in total. The van der Waals surface area contributed by atoms with Crippen molar-refractivity contribution in [1.82, 2.24) is 20.2 Å². The van der Waals surface area contributed by atoms with Gasteiger partial charge in [0.1, 0.15) is 0 Å². The number of likely N-dealkylation sites (N-methyl/N-ethyl adjacent to an activating group) is 1. The van der Waals surface area contributed by atoms with Gasteiger partial charge in [0.2, 0.25) is 5.95 Å². The summed E-state index contributed by atoms with van der Waals surface area (Å²) >= 11 is 0. The Balaban J connectivity index is 1.43. The van der Waals surface area contributed by atoms with Gasteiger partial charge in [-0.3, -0.25) is 0 Å². The quantitative estimate of drug-likeness (QED) is 0.855. The van der Waals surface area contributed by atoms with Crippen LogP contribution < -0.4 is 9.80 Å². The fraction of sp³-hybridized carbons (Fsp3) is 0.500. The number of aromatic nitrogens is 4. The zero-order chi connectivity index (χ0) is 14.9. The molecule has 4 rings (SSSR count). The fourth-order valence-electron chi connectivity index (χ4n) is 3.16. The molecule has 0 bridgehead atoms. The first-order chi connectivity index (χ1) is 10.8. The average molecular weight is 296 g/mol. The second-order valence-corrected chi connectivity index (χ2v) is 6.10. The van der Waals surface area contributed by atoms with Crippen molar-refractivity contribution in [2.24, 2.45) is 0 Å². The summed E-state index contributed by atoms with van der Waals surface area (Å²) in [6, 6.07) is 4.50. The second-order valence-electron chi connectivity index (χ2n) is 6.10. The molecule has 2 aliphatic rings. The maximum absolute atomic E-state index is 4.42. The van der Waals surface area contributed by atoms with Gasteiger partial charge in [-0.1, -0.05) is 0 Å². The minimum Gasteiger partial charge on any atom is -0.351 e. The van der Waals surface area contributed by atoms with Gasteiger partial charge in [-0.05, 0) is 43.4 Å². The average Bonchev–Trinajstić information content (AvgIpc) is 2.54. The first-order valence-corrected chi connectivity index (χ1v) is 7.91. The number of fused-ring (bicyclic) bond motifs is 1. The Morgan fingerprint density at radius 1 is 1.09 bits per heavy atom. The largest absolute Gasteiger partial charge is 0.351 e. The van der Waals surface area contributed by atoms with Crippen LogP contribution in [-0.4, -0.2) is 46.3 Å². The Hall–Kier alpha value is -2.24. The van der Waals surface area contributed by atoms with Crippen LogP contribution in [0.15, 0.2) is 24.5 Å². The van der Waals surface area contributed by atoms with E-state index in [9.17, 15) is 0 Å². The zero-order valence-electron chi connectivity index (χ0n) is 12.8. The lowest BCUT2D eigenvalue weighted by atomic mass is 9.96. The van der Waals surface area contributed by atoms with Crippen molar-refractivity contribution >= 4 is 11.8 Å². The van der Waals surface area contributed by atoms with Gasteiger partial charge in [0, 0.05) is 32.5 Å². The molecule has 0 radical (unpaired) electrons. The van der Waals surface area contributed by atoms with E-state index in [1.54, 1.807) is 12.4 Å². The van der Waals surface area contributed by atoms with Crippen LogP contribution in [0.5, 0.6) is 0 Å². The minimum absolute atomic E-state index is 0.431. The molecule has 114 valence electrons. The van der Waals surface area contributed by atoms with Crippen LogP contribution in [0, 0.1) is 0 Å². The lowest BCUT2D eigenvalue weighted by Gasteiger charge is -2.44. The highest BCUT2D eigenvalue weighted by Gasteiger charge is 2.32. The summed E-state index contributed by atoms with van der Waals surface area (Å²) in [7, 11) is 2.05. The van der Waals surface area contributed by atoms with Crippen LogP contribution in [0.1, 0.15) is 24.1 Å². The monoisotopic (exact) mass is 296 g/mol. The molecule has 6 heteroatoms. The van der Waals surface area contributed by atoms with Crippen molar-refractivity contribution in [2.45, 2.75) is 31.7 Å². The summed E-state index contributed by atoms with van der Waals surface area (Å²) in [5.41, 5.74) is 2.58. The number of nitrogens with zero attached hydrogens (tertiary/aromatic N) is 6. The van der Waals surface area contributed by atoms with Crippen molar-refractivity contribution in [2.75, 3.05) is 29.9 Å². The fourth-order valence-corrected chi connectivity index (χ4v) is 3.16. The number of rotatable bonds is 3. The van der Waals surface area contributed by atoms with E-state index >= 15 is 0 Å². The normalized spacial score (nSPS) is 17.8. The Morgan fingerprint density at radius 3 is 2.68 bits per heavy atom. The lowest BCUT2D eigenvalue weighted by molar-refractivity contribution is 0.483. The number of anilines is 2. The molecule has 22 heavy (non-hydrogen) atoms. The Morgan fingerprint density at radius 2 is 1.86 bits per heavy atom. The van der Waals surface area contributed by atoms with E-state index in [0.717, 1.165) is 37.7 Å². The zero-order valence-corrected chi connectivity index (χ0v) is 12.8. The van der Waals surface area contributed by atoms with Crippen molar-refractivity contribution in [3.8, 4) is 0 Å². The van der Waals surface area contributed by atoms with Gasteiger partial charge in [-0.2, -0.15) is 5.10 Å². The number of hydrogen-bond donors (Lipinski definition) is 0. The molecule has 1 aliphatic heterocycles. The predicted octanol–water partition coefficient (Wildman–Crippen LogP) is 1.47. The van der Waals surface area contributed by atoms with E-state index in [1.165, 1.54) is 24.1 Å². The third-order valence-corrected chi connectivity index (χ3v) is 4.66. The van der Waals surface area contributed by atoms with Crippen LogP contribution in [0.4, 0.5) is 11.8 Å². The summed E-state index contributed by atoms with van der Waals surface area (Å²) in [6.45, 7) is 1.89. The Kier molecular flexibility index (Phi) is 3.36. The Bertz CT molecular complexity index is 653. The number of aryl methyl sites for hydroxylation is 2. The Labute approximate surface area is 130 Å². The van der Waals surface area contributed by atoms with E-state index in [2.05, 4.69) is 43.1 Å². The molecule has 0 atom stereocenters. The highest BCUT2D eigenvalue weighted by Crippen LogP contribution is 2.26. The predicted molar refractivity (Wildman–Crippen MR) is 85.1 cm³/mol. The SMILES string of the molecule is CN(c1ncccn1)C1CN(c2cc3c(nn2)CCCC3)C1. The minimum atomic E-state index is 0.431. The first kappa shape index (κ1) is 13.4. The molecule has 6 nitrogen and oxygen atoms in total. The van der Waals surface area contributed by atoms with E-state index in [0.29, 0.717) is 6.04 Å². The van der Waals surface area contributed by atoms with Crippen molar-refractivity contribution in [1.29, 1.82) is 0 Å². The van der Waals surface area contributed by atoms with E-state index < -0.39 is 0 Å². The van der Waals surface area contributed by atoms with Gasteiger partial charge in [0.25, 0.3) is 0 Å². The highest BCUT2D eigenvalue weighted by atomic mass is 15.4. The maximum Gasteiger partial charge on any atom is 0.225 e. The molecule has 2 aromatic rings. The summed E-state index contributed by atoms with van der Waals surface area (Å²) in [4.78, 5) is 13.0. The molecule has 2 aromatic heterocycles. The van der Waals surface area contributed by atoms with Crippen molar-refractivity contribution in [3.05, 3.63) is 35.8 Å². The van der Waals surface area contributed by atoms with Gasteiger partial charge in [0.05, 0.1) is 11.7 Å². The first-order valence-electron chi connectivity index (χ1n) is 7.91. The van der Waals surface area contributed by atoms with Crippen LogP contribution in [0.25, 0.3) is 0 Å². The standard InChI is InChI=1S/C16H20N6/c1-21(16-17-7-4-8-18-16)13-10-22(11-13)15-9-12-5-2-3-6-14(12)19-20-15/h4,7-9,13H,2-3,5-6,10-11H2,1H3. The van der Waals surface area contributed by atoms with Crippen LogP contribution in [0.2, 0.25) is 0 Å². The van der Waals surface area contributed by atoms with Crippen LogP contribution in [-0.2, 0) is 12.8 Å². The molecular weight excluding hydrogens is 276 g/mol. The van der Waals surface area contributed by atoms with E-state index in [4.69, 9.17) is 0 Å². The summed E-state index contributed by atoms with van der Waals surface area (Å²) in [5, 5.41) is 8.83. The molecule has 0 amide bonds. The lowest BCUT2D eigenvalue weighted by Crippen LogP contribution is -2.59. The molecule has 1 aliphatic carbocycles. The van der Waals surface area contributed by atoms with Crippen LogP contribution in [0.3, 0.4) is 0 Å². The van der Waals surface area contributed by atoms with Gasteiger partial charge in [-0.25, -0.2) is 9.97 Å². The molecule has 0 spiro atoms. The van der Waals surface area contributed by atoms with Crippen LogP contribution >= 0.6 is 0 Å². The maximum atomic E-state index is 4.42. The van der Waals surface area contributed by atoms with Gasteiger partial charge in [0.15, 0.2) is 5.82 Å². The molecule has 1 fully saturated rings. The summed E-state index contributed by atoms with van der Waals surface area (Å²) in [6.07, 6.45) is 8.31. The number of hydrogen-bond acceptors (Lipinski definition) is 6. The van der Waals surface area contributed by atoms with E-state index in [-0.39, 0.29) is 0 Å². The van der Waals surface area contributed by atoms with E-state index in [1.807, 2.05) is 6.07 Å². The highest BCUT2D eigenvalue weighted by molar-refractivity contribution is 5.47. The third kappa shape index (κ3) is 2.38. The molecule has 0 aromatic carbocycles. The molecule has 3 heterocycles. The second kappa shape index (κ2) is 5.51. The molecular formula is C16H20N6. The van der Waals surface area contributed by atoms with Crippen molar-refractivity contribution in [3.63, 3.8) is 0 Å². The summed E-state index contributed by atoms with van der Waals surface area (Å²) in [5.74, 6) is 1.79. The molecule has 1 saturated heterocycles. The molecule has 0 unspecified atom stereocenters. The van der Waals surface area contributed by atoms with Crippen molar-refractivity contribution < 1.29 is 0 Å². The third-order valence-electron chi connectivity index (χ3n) is 4.66. The van der Waals surface area contributed by atoms with Gasteiger partial charge in [-0.15, -0.1) is 5.10 Å². The molecule has 0 saturated carbocycles. The van der Waals surface area contributed by atoms with Gasteiger partial charge < -0.3 is 9.80 Å². The summed E-state index contributed by atoms with van der Waals surface area (Å²) < 4.78 is 0. The topological polar surface area (TPSA) is 58.0 Å². The van der Waals surface area contributed by atoms with Gasteiger partial charge >= 0.3 is 0 Å². The smallest absolute Gasteiger partial charge is 0.225 e.